The van der Waals surface area contributed by atoms with Crippen LogP contribution < -0.4 is 4.74 Å². The molecule has 0 aliphatic rings. The number of aliphatic hydroxyl groups excluding tert-OH is 1. The van der Waals surface area contributed by atoms with Gasteiger partial charge in [-0.15, -0.1) is 0 Å². The molecule has 1 N–H and O–H groups in total. The summed E-state index contributed by atoms with van der Waals surface area (Å²) in [6.45, 7) is 3.81. The molecule has 13 heavy (non-hydrogen) atoms. The number of ether oxygens (including phenoxy) is 1. The summed E-state index contributed by atoms with van der Waals surface area (Å²) < 4.78 is 5.19. The van der Waals surface area contributed by atoms with E-state index < -0.39 is 0 Å². The minimum absolute atomic E-state index is 0.323. The molecule has 0 radical (unpaired) electrons. The molecule has 72 valence electrons. The molecule has 1 aromatic rings. The maximum atomic E-state index is 9.26. The Morgan fingerprint density at radius 1 is 1.46 bits per heavy atom. The first-order chi connectivity index (χ1) is 6.13. The Balaban J connectivity index is 2.94. The maximum Gasteiger partial charge on any atom is 0.122 e. The summed E-state index contributed by atoms with van der Waals surface area (Å²) in [5, 5.41) is 9.26. The zero-order valence-corrected chi connectivity index (χ0v) is 8.37. The predicted octanol–water partition coefficient (Wildman–Crippen LogP) is 1.93. The van der Waals surface area contributed by atoms with Crippen LogP contribution in [0, 0.1) is 6.92 Å². The molecule has 0 fully saturated rings. The number of aliphatic hydroxyl groups is 1. The highest BCUT2D eigenvalue weighted by atomic mass is 16.5. The van der Waals surface area contributed by atoms with Gasteiger partial charge >= 0.3 is 0 Å². The summed E-state index contributed by atoms with van der Waals surface area (Å²) in [7, 11) is 1.65. The van der Waals surface area contributed by atoms with Gasteiger partial charge in [-0.3, -0.25) is 0 Å². The first-order valence-electron chi connectivity index (χ1n) is 4.45. The molecular formula is C11H16O2. The summed E-state index contributed by atoms with van der Waals surface area (Å²) in [5.41, 5.74) is 2.26. The minimum Gasteiger partial charge on any atom is -0.496 e. The fraction of sp³-hybridized carbons (Fsp3) is 0.455. The third-order valence-corrected chi connectivity index (χ3v) is 1.95. The lowest BCUT2D eigenvalue weighted by Gasteiger charge is -2.10. The fourth-order valence-corrected chi connectivity index (χ4v) is 1.39. The standard InChI is InChI=1S/C11H16O2/c1-8-4-5-11(13-3)10(6-8)7-9(2)12/h4-6,9,12H,7H2,1-3H3/t9-/m1/s1. The molecule has 0 aliphatic heterocycles. The van der Waals surface area contributed by atoms with E-state index >= 15 is 0 Å². The quantitative estimate of drug-likeness (QED) is 0.770. The van der Waals surface area contributed by atoms with Gasteiger partial charge in [0.05, 0.1) is 13.2 Å². The molecule has 0 heterocycles. The smallest absolute Gasteiger partial charge is 0.122 e. The third kappa shape index (κ3) is 2.74. The summed E-state index contributed by atoms with van der Waals surface area (Å²) in [6, 6.07) is 5.99. The van der Waals surface area contributed by atoms with Crippen LogP contribution in [0.4, 0.5) is 0 Å². The second-order valence-electron chi connectivity index (χ2n) is 3.37. The Labute approximate surface area is 79.2 Å². The number of rotatable bonds is 3. The summed E-state index contributed by atoms with van der Waals surface area (Å²) in [5.74, 6) is 0.853. The lowest BCUT2D eigenvalue weighted by atomic mass is 10.1. The van der Waals surface area contributed by atoms with E-state index in [9.17, 15) is 5.11 Å². The molecular weight excluding hydrogens is 164 g/mol. The van der Waals surface area contributed by atoms with Gasteiger partial charge in [0.2, 0.25) is 0 Å². The van der Waals surface area contributed by atoms with Crippen molar-refractivity contribution in [1.82, 2.24) is 0 Å². The van der Waals surface area contributed by atoms with E-state index in [4.69, 9.17) is 4.74 Å². The van der Waals surface area contributed by atoms with E-state index in [0.29, 0.717) is 6.42 Å². The van der Waals surface area contributed by atoms with E-state index in [1.54, 1.807) is 14.0 Å². The summed E-state index contributed by atoms with van der Waals surface area (Å²) in [6.07, 6.45) is 0.320. The molecule has 1 rings (SSSR count). The zero-order valence-electron chi connectivity index (χ0n) is 8.37. The molecule has 1 aromatic carbocycles. The van der Waals surface area contributed by atoms with Crippen molar-refractivity contribution in [3.63, 3.8) is 0 Å². The topological polar surface area (TPSA) is 29.5 Å². The highest BCUT2D eigenvalue weighted by Gasteiger charge is 2.05. The van der Waals surface area contributed by atoms with Crippen LogP contribution in [0.5, 0.6) is 5.75 Å². The van der Waals surface area contributed by atoms with E-state index in [0.717, 1.165) is 11.3 Å². The monoisotopic (exact) mass is 180 g/mol. The Bertz CT molecular complexity index is 279. The van der Waals surface area contributed by atoms with Gasteiger partial charge in [0.15, 0.2) is 0 Å². The predicted molar refractivity (Wildman–Crippen MR) is 53.1 cm³/mol. The second-order valence-corrected chi connectivity index (χ2v) is 3.37. The molecule has 0 bridgehead atoms. The van der Waals surface area contributed by atoms with Crippen molar-refractivity contribution in [2.75, 3.05) is 7.11 Å². The molecule has 0 aliphatic carbocycles. The van der Waals surface area contributed by atoms with Gasteiger partial charge in [-0.05, 0) is 25.5 Å². The van der Waals surface area contributed by atoms with Crippen LogP contribution >= 0.6 is 0 Å². The number of methoxy groups -OCH3 is 1. The van der Waals surface area contributed by atoms with Gasteiger partial charge in [-0.2, -0.15) is 0 Å². The average Bonchev–Trinajstić information content (AvgIpc) is 2.03. The molecule has 2 nitrogen and oxygen atoms in total. The maximum absolute atomic E-state index is 9.26. The van der Waals surface area contributed by atoms with Gasteiger partial charge in [-0.25, -0.2) is 0 Å². The first kappa shape index (κ1) is 10.1. The van der Waals surface area contributed by atoms with Crippen molar-refractivity contribution >= 4 is 0 Å². The van der Waals surface area contributed by atoms with Crippen molar-refractivity contribution in [2.45, 2.75) is 26.4 Å². The van der Waals surface area contributed by atoms with Crippen molar-refractivity contribution < 1.29 is 9.84 Å². The van der Waals surface area contributed by atoms with Crippen molar-refractivity contribution in [3.8, 4) is 5.75 Å². The number of benzene rings is 1. The normalized spacial score (nSPS) is 12.6. The molecule has 2 heteroatoms. The van der Waals surface area contributed by atoms with Crippen molar-refractivity contribution in [3.05, 3.63) is 29.3 Å². The van der Waals surface area contributed by atoms with Crippen LogP contribution in [0.25, 0.3) is 0 Å². The molecule has 0 saturated heterocycles. The van der Waals surface area contributed by atoms with Gasteiger partial charge in [0, 0.05) is 6.42 Å². The molecule has 0 amide bonds. The number of hydrogen-bond acceptors (Lipinski definition) is 2. The Kier molecular flexibility index (Phi) is 3.32. The van der Waals surface area contributed by atoms with Crippen LogP contribution in [0.1, 0.15) is 18.1 Å². The summed E-state index contributed by atoms with van der Waals surface area (Å²) in [4.78, 5) is 0. The largest absolute Gasteiger partial charge is 0.496 e. The lowest BCUT2D eigenvalue weighted by molar-refractivity contribution is 0.194. The van der Waals surface area contributed by atoms with Crippen molar-refractivity contribution in [1.29, 1.82) is 0 Å². The molecule has 1 atom stereocenters. The number of hydrogen-bond donors (Lipinski definition) is 1. The van der Waals surface area contributed by atoms with Gasteiger partial charge < -0.3 is 9.84 Å². The van der Waals surface area contributed by atoms with E-state index in [1.807, 2.05) is 25.1 Å². The van der Waals surface area contributed by atoms with Gasteiger partial charge in [-0.1, -0.05) is 17.7 Å². The minimum atomic E-state index is -0.323. The molecule has 0 saturated carbocycles. The number of aryl methyl sites for hydroxylation is 1. The first-order valence-corrected chi connectivity index (χ1v) is 4.45. The Morgan fingerprint density at radius 2 is 2.15 bits per heavy atom. The van der Waals surface area contributed by atoms with E-state index in [2.05, 4.69) is 0 Å². The zero-order chi connectivity index (χ0) is 9.84. The van der Waals surface area contributed by atoms with Gasteiger partial charge in [0.1, 0.15) is 5.75 Å². The second kappa shape index (κ2) is 4.28. The van der Waals surface area contributed by atoms with Crippen LogP contribution in [-0.4, -0.2) is 18.3 Å². The SMILES string of the molecule is COc1ccc(C)cc1C[C@@H](C)O. The molecule has 0 spiro atoms. The van der Waals surface area contributed by atoms with Gasteiger partial charge in [0.25, 0.3) is 0 Å². The van der Waals surface area contributed by atoms with E-state index in [-0.39, 0.29) is 6.10 Å². The average molecular weight is 180 g/mol. The molecule has 0 aromatic heterocycles. The fourth-order valence-electron chi connectivity index (χ4n) is 1.39. The highest BCUT2D eigenvalue weighted by molar-refractivity contribution is 5.37. The van der Waals surface area contributed by atoms with Crippen LogP contribution in [0.15, 0.2) is 18.2 Å². The third-order valence-electron chi connectivity index (χ3n) is 1.95. The van der Waals surface area contributed by atoms with Crippen LogP contribution in [-0.2, 0) is 6.42 Å². The van der Waals surface area contributed by atoms with Crippen LogP contribution in [0.2, 0.25) is 0 Å². The Morgan fingerprint density at radius 3 is 2.69 bits per heavy atom. The van der Waals surface area contributed by atoms with E-state index in [1.165, 1.54) is 5.56 Å². The lowest BCUT2D eigenvalue weighted by Crippen LogP contribution is -2.05. The highest BCUT2D eigenvalue weighted by Crippen LogP contribution is 2.20. The Hall–Kier alpha value is -1.02. The summed E-state index contributed by atoms with van der Waals surface area (Å²) >= 11 is 0. The van der Waals surface area contributed by atoms with Crippen molar-refractivity contribution in [2.24, 2.45) is 0 Å². The van der Waals surface area contributed by atoms with Crippen LogP contribution in [0.3, 0.4) is 0 Å². The molecule has 0 unspecified atom stereocenters.